The number of ketones is 1. The molecule has 0 saturated heterocycles. The second-order valence-electron chi connectivity index (χ2n) is 7.58. The molecule has 1 aromatic carbocycles. The molecular formula is C21H24N4O. The molecule has 0 aliphatic heterocycles. The number of allylic oxidation sites excluding steroid dienone is 1. The summed E-state index contributed by atoms with van der Waals surface area (Å²) in [6, 6.07) is 6.22. The lowest BCUT2D eigenvalue weighted by Gasteiger charge is -2.15. The van der Waals surface area contributed by atoms with Gasteiger partial charge in [0.15, 0.2) is 11.6 Å². The third-order valence-corrected chi connectivity index (χ3v) is 4.36. The number of anilines is 1. The SMILES string of the molecule is C=C(C=Nc1[nH]cc(C(=O)C(C)(C)C)c1N)c1c[nH]c2ccc(C)cc12. The number of aryl methyl sites for hydroxylation is 1. The summed E-state index contributed by atoms with van der Waals surface area (Å²) in [5.41, 5.74) is 10.4. The first-order valence-corrected chi connectivity index (χ1v) is 8.51. The second kappa shape index (κ2) is 6.33. The number of nitrogens with two attached hydrogens (primary N) is 1. The van der Waals surface area contributed by atoms with Crippen molar-refractivity contribution in [2.75, 3.05) is 5.73 Å². The van der Waals surface area contributed by atoms with Crippen molar-refractivity contribution in [2.24, 2.45) is 10.4 Å². The van der Waals surface area contributed by atoms with Gasteiger partial charge in [0, 0.05) is 40.5 Å². The lowest BCUT2D eigenvalue weighted by Crippen LogP contribution is -2.20. The highest BCUT2D eigenvalue weighted by atomic mass is 16.1. The first kappa shape index (κ1) is 17.7. The lowest BCUT2D eigenvalue weighted by molar-refractivity contribution is 0.0859. The number of aliphatic imine (C=N–C) groups is 1. The van der Waals surface area contributed by atoms with E-state index >= 15 is 0 Å². The number of rotatable bonds is 4. The molecule has 134 valence electrons. The summed E-state index contributed by atoms with van der Waals surface area (Å²) in [4.78, 5) is 23.1. The van der Waals surface area contributed by atoms with Crippen LogP contribution in [0.15, 0.2) is 42.2 Å². The van der Waals surface area contributed by atoms with Gasteiger partial charge in [-0.05, 0) is 24.6 Å². The van der Waals surface area contributed by atoms with Gasteiger partial charge in [0.05, 0.1) is 11.3 Å². The fourth-order valence-electron chi connectivity index (χ4n) is 2.83. The van der Waals surface area contributed by atoms with Crippen molar-refractivity contribution in [3.05, 3.63) is 53.9 Å². The zero-order valence-electron chi connectivity index (χ0n) is 15.6. The Morgan fingerprint density at radius 1 is 1.19 bits per heavy atom. The molecule has 26 heavy (non-hydrogen) atoms. The van der Waals surface area contributed by atoms with Crippen LogP contribution >= 0.6 is 0 Å². The molecule has 0 saturated carbocycles. The van der Waals surface area contributed by atoms with Crippen molar-refractivity contribution in [3.8, 4) is 0 Å². The molecule has 0 radical (unpaired) electrons. The van der Waals surface area contributed by atoms with E-state index in [9.17, 15) is 4.79 Å². The van der Waals surface area contributed by atoms with E-state index in [0.29, 0.717) is 17.1 Å². The topological polar surface area (TPSA) is 87.0 Å². The number of benzene rings is 1. The maximum atomic E-state index is 12.4. The summed E-state index contributed by atoms with van der Waals surface area (Å²) >= 11 is 0. The number of nitrogens with one attached hydrogen (secondary N) is 2. The molecule has 2 aromatic heterocycles. The second-order valence-corrected chi connectivity index (χ2v) is 7.58. The van der Waals surface area contributed by atoms with Gasteiger partial charge in [-0.1, -0.05) is 39.0 Å². The monoisotopic (exact) mass is 348 g/mol. The van der Waals surface area contributed by atoms with Gasteiger partial charge in [-0.2, -0.15) is 0 Å². The molecule has 4 N–H and O–H groups in total. The predicted octanol–water partition coefficient (Wildman–Crippen LogP) is 5.03. The van der Waals surface area contributed by atoms with E-state index < -0.39 is 5.41 Å². The molecule has 5 heteroatoms. The summed E-state index contributed by atoms with van der Waals surface area (Å²) in [6.07, 6.45) is 5.21. The Bertz CT molecular complexity index is 1030. The number of carbonyl (C=O) groups excluding carboxylic acids is 1. The minimum atomic E-state index is -0.497. The third-order valence-electron chi connectivity index (χ3n) is 4.36. The number of Topliss-reactive ketones (excluding diaryl/α,β-unsaturated/α-hetero) is 1. The Morgan fingerprint density at radius 3 is 2.58 bits per heavy atom. The summed E-state index contributed by atoms with van der Waals surface area (Å²) in [5, 5.41) is 1.10. The minimum absolute atomic E-state index is 0.0152. The van der Waals surface area contributed by atoms with Crippen molar-refractivity contribution in [2.45, 2.75) is 27.7 Å². The van der Waals surface area contributed by atoms with Crippen LogP contribution in [0, 0.1) is 12.3 Å². The third kappa shape index (κ3) is 3.20. The van der Waals surface area contributed by atoms with Gasteiger partial charge in [-0.3, -0.25) is 4.79 Å². The standard InChI is InChI=1S/C21H24N4O/c1-12-6-7-17-14(8-12)15(10-23-17)13(2)9-24-20-18(22)16(11-25-20)19(26)21(3,4)5/h6-11,23,25H,2,22H2,1,3-5H3. The van der Waals surface area contributed by atoms with Crippen LogP contribution in [0.1, 0.15) is 42.3 Å². The highest BCUT2D eigenvalue weighted by Gasteiger charge is 2.26. The van der Waals surface area contributed by atoms with Crippen molar-refractivity contribution in [3.63, 3.8) is 0 Å². The van der Waals surface area contributed by atoms with E-state index in [-0.39, 0.29) is 5.78 Å². The number of nitrogen functional groups attached to an aromatic ring is 1. The van der Waals surface area contributed by atoms with E-state index in [2.05, 4.69) is 40.6 Å². The number of hydrogen-bond donors (Lipinski definition) is 3. The fraction of sp³-hybridized carbons (Fsp3) is 0.238. The number of aromatic amines is 2. The Labute approximate surface area is 153 Å². The molecule has 0 amide bonds. The molecule has 3 aromatic rings. The fourth-order valence-corrected chi connectivity index (χ4v) is 2.83. The van der Waals surface area contributed by atoms with E-state index in [1.54, 1.807) is 12.4 Å². The Kier molecular flexibility index (Phi) is 4.32. The normalized spacial score (nSPS) is 12.2. The largest absolute Gasteiger partial charge is 0.395 e. The summed E-state index contributed by atoms with van der Waals surface area (Å²) < 4.78 is 0. The quantitative estimate of drug-likeness (QED) is 0.456. The molecule has 0 bridgehead atoms. The smallest absolute Gasteiger partial charge is 0.171 e. The number of H-pyrrole nitrogens is 2. The molecule has 0 fully saturated rings. The number of nitrogens with zero attached hydrogens (tertiary/aromatic N) is 1. The van der Waals surface area contributed by atoms with Crippen LogP contribution in [0.5, 0.6) is 0 Å². The van der Waals surface area contributed by atoms with Crippen LogP contribution in [0.2, 0.25) is 0 Å². The van der Waals surface area contributed by atoms with Crippen LogP contribution in [0.25, 0.3) is 16.5 Å². The first-order valence-electron chi connectivity index (χ1n) is 8.51. The van der Waals surface area contributed by atoms with Gasteiger partial charge in [0.25, 0.3) is 0 Å². The molecule has 5 nitrogen and oxygen atoms in total. The number of carbonyl (C=O) groups is 1. The average molecular weight is 348 g/mol. The van der Waals surface area contributed by atoms with Gasteiger partial charge >= 0.3 is 0 Å². The Hall–Kier alpha value is -3.08. The summed E-state index contributed by atoms with van der Waals surface area (Å²) in [5.74, 6) is 0.452. The average Bonchev–Trinajstić information content (AvgIpc) is 3.14. The van der Waals surface area contributed by atoms with Gasteiger partial charge in [0.1, 0.15) is 0 Å². The van der Waals surface area contributed by atoms with Crippen molar-refractivity contribution >= 4 is 40.0 Å². The van der Waals surface area contributed by atoms with Crippen molar-refractivity contribution in [1.82, 2.24) is 9.97 Å². The van der Waals surface area contributed by atoms with Crippen LogP contribution < -0.4 is 5.73 Å². The predicted molar refractivity (Wildman–Crippen MR) is 109 cm³/mol. The van der Waals surface area contributed by atoms with Crippen LogP contribution in [0.3, 0.4) is 0 Å². The van der Waals surface area contributed by atoms with Crippen LogP contribution in [-0.2, 0) is 0 Å². The van der Waals surface area contributed by atoms with E-state index in [1.807, 2.05) is 33.0 Å². The number of hydrogen-bond acceptors (Lipinski definition) is 3. The highest BCUT2D eigenvalue weighted by molar-refractivity contribution is 6.15. The minimum Gasteiger partial charge on any atom is -0.395 e. The van der Waals surface area contributed by atoms with Gasteiger partial charge in [-0.15, -0.1) is 0 Å². The Balaban J connectivity index is 1.88. The molecule has 0 aliphatic carbocycles. The molecule has 0 unspecified atom stereocenters. The molecule has 0 aliphatic rings. The summed E-state index contributed by atoms with van der Waals surface area (Å²) in [6.45, 7) is 11.8. The molecule has 0 spiro atoms. The van der Waals surface area contributed by atoms with Crippen LogP contribution in [0.4, 0.5) is 11.5 Å². The lowest BCUT2D eigenvalue weighted by atomic mass is 9.87. The van der Waals surface area contributed by atoms with E-state index in [1.165, 1.54) is 5.56 Å². The number of aromatic nitrogens is 2. The van der Waals surface area contributed by atoms with Gasteiger partial charge in [-0.25, -0.2) is 4.99 Å². The van der Waals surface area contributed by atoms with Crippen molar-refractivity contribution in [1.29, 1.82) is 0 Å². The first-order chi connectivity index (χ1) is 12.2. The zero-order chi connectivity index (χ0) is 19.1. The maximum absolute atomic E-state index is 12.4. The van der Waals surface area contributed by atoms with Gasteiger partial charge in [0.2, 0.25) is 0 Å². The summed E-state index contributed by atoms with van der Waals surface area (Å²) in [7, 11) is 0. The van der Waals surface area contributed by atoms with E-state index in [4.69, 9.17) is 5.73 Å². The van der Waals surface area contributed by atoms with Crippen LogP contribution in [-0.4, -0.2) is 22.0 Å². The molecular weight excluding hydrogens is 324 g/mol. The number of fused-ring (bicyclic) bond motifs is 1. The molecule has 2 heterocycles. The molecule has 3 rings (SSSR count). The zero-order valence-corrected chi connectivity index (χ0v) is 15.6. The highest BCUT2D eigenvalue weighted by Crippen LogP contribution is 2.31. The Morgan fingerprint density at radius 2 is 1.88 bits per heavy atom. The van der Waals surface area contributed by atoms with Crippen molar-refractivity contribution < 1.29 is 4.79 Å². The molecule has 0 atom stereocenters. The van der Waals surface area contributed by atoms with E-state index in [0.717, 1.165) is 22.0 Å². The van der Waals surface area contributed by atoms with Gasteiger partial charge < -0.3 is 15.7 Å². The maximum Gasteiger partial charge on any atom is 0.171 e.